The first-order valence-corrected chi connectivity index (χ1v) is 9.50. The van der Waals surface area contributed by atoms with Gasteiger partial charge in [-0.05, 0) is 32.9 Å². The molecule has 1 aromatic rings. The number of para-hydroxylation sites is 1. The first-order chi connectivity index (χ1) is 13.0. The van der Waals surface area contributed by atoms with Crippen LogP contribution in [0.2, 0.25) is 5.02 Å². The van der Waals surface area contributed by atoms with Crippen LogP contribution in [0.5, 0.6) is 0 Å². The summed E-state index contributed by atoms with van der Waals surface area (Å²) in [6.45, 7) is 5.30. The zero-order chi connectivity index (χ0) is 20.6. The second-order valence-electron chi connectivity index (χ2n) is 8.67. The highest BCUT2D eigenvalue weighted by Crippen LogP contribution is 2.51. The Bertz CT molecular complexity index is 940. The van der Waals surface area contributed by atoms with Gasteiger partial charge in [-0.15, -0.1) is 0 Å². The van der Waals surface area contributed by atoms with Gasteiger partial charge in [0, 0.05) is 11.1 Å². The summed E-state index contributed by atoms with van der Waals surface area (Å²) >= 11 is 6.26. The van der Waals surface area contributed by atoms with Gasteiger partial charge in [-0.1, -0.05) is 17.7 Å². The number of anilines is 1. The topological polar surface area (TPSA) is 126 Å². The molecule has 3 aliphatic rings. The number of carbonyl (C=O) groups is 4. The molecule has 148 valence electrons. The number of nitrogens with two attached hydrogens (primary N) is 2. The zero-order valence-electron chi connectivity index (χ0n) is 15.8. The van der Waals surface area contributed by atoms with Crippen molar-refractivity contribution < 1.29 is 24.5 Å². The third kappa shape index (κ3) is 2.28. The van der Waals surface area contributed by atoms with Crippen LogP contribution in [0, 0.1) is 11.8 Å². The normalized spacial score (nSPS) is 31.4. The average Bonchev–Trinajstić information content (AvgIpc) is 3.13. The monoisotopic (exact) mass is 405 g/mol. The number of likely N-dealkylation sites (tertiary alicyclic amines) is 1. The fourth-order valence-electron chi connectivity index (χ4n) is 5.04. The molecule has 8 nitrogen and oxygen atoms in total. The maximum Gasteiger partial charge on any atom is 0.291 e. The second kappa shape index (κ2) is 5.78. The molecule has 28 heavy (non-hydrogen) atoms. The van der Waals surface area contributed by atoms with Gasteiger partial charge in [-0.2, -0.15) is 0 Å². The van der Waals surface area contributed by atoms with Gasteiger partial charge in [0.1, 0.15) is 17.9 Å². The molecule has 1 spiro atoms. The summed E-state index contributed by atoms with van der Waals surface area (Å²) in [5.41, 5.74) is 4.31. The minimum Gasteiger partial charge on any atom is -0.369 e. The minimum atomic E-state index is -1.35. The van der Waals surface area contributed by atoms with Gasteiger partial charge in [0.15, 0.2) is 0 Å². The average molecular weight is 406 g/mol. The number of primary amides is 1. The van der Waals surface area contributed by atoms with Crippen LogP contribution < -0.4 is 16.4 Å². The molecule has 1 aromatic carbocycles. The predicted octanol–water partition coefficient (Wildman–Crippen LogP) is -0.292. The number of amides is 4. The van der Waals surface area contributed by atoms with E-state index in [0.29, 0.717) is 16.3 Å². The summed E-state index contributed by atoms with van der Waals surface area (Å²) in [7, 11) is 0. The van der Waals surface area contributed by atoms with E-state index in [-0.39, 0.29) is 12.3 Å². The first-order valence-electron chi connectivity index (χ1n) is 9.13. The number of rotatable bonds is 2. The number of nitrogens with zero attached hydrogens (tertiary/aromatic N) is 1. The first kappa shape index (κ1) is 18.9. The summed E-state index contributed by atoms with van der Waals surface area (Å²) in [6, 6.07) is 4.48. The Morgan fingerprint density at radius 2 is 1.96 bits per heavy atom. The molecule has 3 aliphatic heterocycles. The second-order valence-corrected chi connectivity index (χ2v) is 9.08. The lowest BCUT2D eigenvalue weighted by atomic mass is 9.76. The fourth-order valence-corrected chi connectivity index (χ4v) is 5.26. The number of quaternary nitrogens is 1. The molecule has 4 amide bonds. The number of fused-ring (bicyclic) bond motifs is 4. The van der Waals surface area contributed by atoms with Crippen LogP contribution in [0.1, 0.15) is 32.8 Å². The quantitative estimate of drug-likeness (QED) is 0.584. The number of hydrogen-bond donors (Lipinski definition) is 3. The van der Waals surface area contributed by atoms with E-state index in [1.165, 1.54) is 4.90 Å². The zero-order valence-corrected chi connectivity index (χ0v) is 16.5. The summed E-state index contributed by atoms with van der Waals surface area (Å²) in [5.74, 6) is -3.51. The number of halogens is 1. The van der Waals surface area contributed by atoms with Crippen LogP contribution in [-0.2, 0) is 24.7 Å². The van der Waals surface area contributed by atoms with Crippen LogP contribution in [-0.4, -0.2) is 40.1 Å². The third-order valence-electron chi connectivity index (χ3n) is 5.96. The highest BCUT2D eigenvalue weighted by atomic mass is 35.5. The number of imide groups is 1. The van der Waals surface area contributed by atoms with E-state index in [2.05, 4.69) is 5.32 Å². The molecule has 0 saturated carbocycles. The summed E-state index contributed by atoms with van der Waals surface area (Å²) in [5, 5.41) is 4.80. The molecular weight excluding hydrogens is 384 g/mol. The Kier molecular flexibility index (Phi) is 3.90. The van der Waals surface area contributed by atoms with Crippen molar-refractivity contribution in [3.05, 3.63) is 28.8 Å². The van der Waals surface area contributed by atoms with E-state index in [4.69, 9.17) is 17.3 Å². The van der Waals surface area contributed by atoms with Gasteiger partial charge in [0.2, 0.25) is 23.3 Å². The number of carbonyl (C=O) groups excluding carboxylic acids is 4. The van der Waals surface area contributed by atoms with Crippen molar-refractivity contribution in [1.29, 1.82) is 0 Å². The molecule has 2 fully saturated rings. The van der Waals surface area contributed by atoms with E-state index < -0.39 is 46.7 Å². The SMILES string of the molecule is CC(C)(C)N1C(=O)[C@H]2[C@@H](C1=O)[C@@]1([NH2+][C@@H]2CC(N)=O)C(=O)Nc2c(Cl)cccc21. The maximum atomic E-state index is 13.4. The molecular formula is C19H22ClN4O4+. The maximum absolute atomic E-state index is 13.4. The summed E-state index contributed by atoms with van der Waals surface area (Å²) < 4.78 is 0. The Labute approximate surface area is 166 Å². The largest absolute Gasteiger partial charge is 0.369 e. The number of hydrogen-bond acceptors (Lipinski definition) is 4. The van der Waals surface area contributed by atoms with Gasteiger partial charge in [-0.3, -0.25) is 24.1 Å². The van der Waals surface area contributed by atoms with Crippen LogP contribution >= 0.6 is 11.6 Å². The van der Waals surface area contributed by atoms with Crippen molar-refractivity contribution in [3.63, 3.8) is 0 Å². The molecule has 0 radical (unpaired) electrons. The molecule has 0 bridgehead atoms. The van der Waals surface area contributed by atoms with Crippen molar-refractivity contribution in [2.24, 2.45) is 17.6 Å². The van der Waals surface area contributed by atoms with Crippen LogP contribution in [0.4, 0.5) is 5.69 Å². The van der Waals surface area contributed by atoms with E-state index in [1.54, 1.807) is 44.3 Å². The summed E-state index contributed by atoms with van der Waals surface area (Å²) in [6.07, 6.45) is -0.108. The Hall–Kier alpha value is -2.45. The minimum absolute atomic E-state index is 0.108. The molecule has 3 heterocycles. The van der Waals surface area contributed by atoms with E-state index in [1.807, 2.05) is 0 Å². The molecule has 2 saturated heterocycles. The van der Waals surface area contributed by atoms with Crippen LogP contribution in [0.15, 0.2) is 18.2 Å². The van der Waals surface area contributed by atoms with Crippen LogP contribution in [0.3, 0.4) is 0 Å². The van der Waals surface area contributed by atoms with Gasteiger partial charge in [0.25, 0.3) is 5.91 Å². The lowest BCUT2D eigenvalue weighted by Gasteiger charge is -2.33. The van der Waals surface area contributed by atoms with Crippen molar-refractivity contribution in [2.75, 3.05) is 5.32 Å². The number of nitrogens with one attached hydrogen (secondary N) is 1. The van der Waals surface area contributed by atoms with E-state index >= 15 is 0 Å². The molecule has 5 N–H and O–H groups in total. The third-order valence-corrected chi connectivity index (χ3v) is 6.28. The molecule has 0 aromatic heterocycles. The molecule has 0 unspecified atom stereocenters. The lowest BCUT2D eigenvalue weighted by Crippen LogP contribution is -2.99. The van der Waals surface area contributed by atoms with Crippen molar-refractivity contribution in [1.82, 2.24) is 4.90 Å². The van der Waals surface area contributed by atoms with Crippen molar-refractivity contribution in [3.8, 4) is 0 Å². The molecule has 4 rings (SSSR count). The Morgan fingerprint density at radius 1 is 1.29 bits per heavy atom. The van der Waals surface area contributed by atoms with Crippen LogP contribution in [0.25, 0.3) is 0 Å². The highest BCUT2D eigenvalue weighted by molar-refractivity contribution is 6.35. The van der Waals surface area contributed by atoms with Gasteiger partial charge in [0.05, 0.1) is 17.1 Å². The van der Waals surface area contributed by atoms with E-state index in [0.717, 1.165) is 0 Å². The fraction of sp³-hybridized carbons (Fsp3) is 0.474. The van der Waals surface area contributed by atoms with Crippen molar-refractivity contribution in [2.45, 2.75) is 44.3 Å². The standard InChI is InChI=1S/C19H21ClN4O4/c1-18(2,3)24-15(26)12-10(7-11(21)25)23-19(13(12)16(24)27)8-5-4-6-9(20)14(8)22-17(19)28/h4-6,10,12-13,23H,7H2,1-3H3,(H2,21,25)(H,22,28)/p+1/t10-,12-,13+,19-/m1/s1. The molecule has 9 heteroatoms. The number of benzene rings is 1. The highest BCUT2D eigenvalue weighted by Gasteiger charge is 2.75. The van der Waals surface area contributed by atoms with Crippen molar-refractivity contribution >= 4 is 40.9 Å². The Balaban J connectivity index is 1.93. The summed E-state index contributed by atoms with van der Waals surface area (Å²) in [4.78, 5) is 52.7. The van der Waals surface area contributed by atoms with E-state index in [9.17, 15) is 19.2 Å². The van der Waals surface area contributed by atoms with Gasteiger partial charge < -0.3 is 16.4 Å². The predicted molar refractivity (Wildman–Crippen MR) is 99.9 cm³/mol. The van der Waals surface area contributed by atoms with Gasteiger partial charge >= 0.3 is 0 Å². The van der Waals surface area contributed by atoms with Gasteiger partial charge in [-0.25, -0.2) is 0 Å². The molecule has 4 atom stereocenters. The Morgan fingerprint density at radius 3 is 2.57 bits per heavy atom. The smallest absolute Gasteiger partial charge is 0.291 e. The molecule has 0 aliphatic carbocycles. The lowest BCUT2D eigenvalue weighted by molar-refractivity contribution is -0.732.